The zero-order valence-corrected chi connectivity index (χ0v) is 15.3. The number of hydrogen-bond acceptors (Lipinski definition) is 1. The molecular weight excluding hydrogens is 248 g/mol. The van der Waals surface area contributed by atoms with Crippen LogP contribution in [0.4, 0.5) is 0 Å². The summed E-state index contributed by atoms with van der Waals surface area (Å²) in [5, 5.41) is 0. The third-order valence-electron chi connectivity index (χ3n) is 3.85. The Morgan fingerprint density at radius 2 is 1.26 bits per heavy atom. The van der Waals surface area contributed by atoms with E-state index in [1.54, 1.807) is 0 Å². The normalized spacial score (nSPS) is 12.3. The average Bonchev–Trinajstić information content (AvgIpc) is 2.31. The molecule has 1 nitrogen and oxygen atoms in total. The van der Waals surface area contributed by atoms with E-state index in [2.05, 4.69) is 33.9 Å². The first-order chi connectivity index (χ1) is 8.98. The molecule has 0 heterocycles. The van der Waals surface area contributed by atoms with E-state index in [1.807, 2.05) is 0 Å². The molecule has 0 aromatic heterocycles. The Bertz CT molecular complexity index is 190. The Hall–Kier alpha value is 0.177. The second-order valence-electron chi connectivity index (χ2n) is 6.95. The predicted octanol–water partition coefficient (Wildman–Crippen LogP) is 6.39. The highest BCUT2D eigenvalue weighted by molar-refractivity contribution is 6.71. The minimum atomic E-state index is -1.30. The second-order valence-corrected chi connectivity index (χ2v) is 11.3. The van der Waals surface area contributed by atoms with E-state index < -0.39 is 8.32 Å². The standard InChI is InChI=1S/C17H38OSi/c1-6-18-19(4,5)16-14-12-10-8-7-9-11-13-15-17(2)3/h17H,6-16H2,1-5H3. The van der Waals surface area contributed by atoms with E-state index in [0.29, 0.717) is 0 Å². The summed E-state index contributed by atoms with van der Waals surface area (Å²) < 4.78 is 5.86. The van der Waals surface area contributed by atoms with E-state index in [4.69, 9.17) is 4.43 Å². The average molecular weight is 287 g/mol. The molecule has 2 heteroatoms. The van der Waals surface area contributed by atoms with Crippen LogP contribution in [0.3, 0.4) is 0 Å². The van der Waals surface area contributed by atoms with Gasteiger partial charge in [-0.3, -0.25) is 0 Å². The largest absolute Gasteiger partial charge is 0.418 e. The molecule has 0 aromatic carbocycles. The van der Waals surface area contributed by atoms with E-state index in [0.717, 1.165) is 12.5 Å². The minimum absolute atomic E-state index is 0.887. The van der Waals surface area contributed by atoms with Crippen molar-refractivity contribution in [1.82, 2.24) is 0 Å². The molecule has 19 heavy (non-hydrogen) atoms. The van der Waals surface area contributed by atoms with Gasteiger partial charge < -0.3 is 4.43 Å². The molecule has 0 aromatic rings. The first kappa shape index (κ1) is 19.2. The SMILES string of the molecule is CCO[Si](C)(C)CCCCCCCCCCC(C)C. The Labute approximate surface area is 123 Å². The van der Waals surface area contributed by atoms with Crippen molar-refractivity contribution in [3.05, 3.63) is 0 Å². The highest BCUT2D eigenvalue weighted by atomic mass is 28.4. The molecule has 0 amide bonds. The van der Waals surface area contributed by atoms with Crippen LogP contribution >= 0.6 is 0 Å². The fourth-order valence-electron chi connectivity index (χ4n) is 2.63. The molecule has 0 unspecified atom stereocenters. The molecule has 0 saturated heterocycles. The fourth-order valence-corrected chi connectivity index (χ4v) is 4.65. The Kier molecular flexibility index (Phi) is 12.1. The first-order valence-corrected chi connectivity index (χ1v) is 11.7. The van der Waals surface area contributed by atoms with Crippen molar-refractivity contribution in [2.24, 2.45) is 5.92 Å². The lowest BCUT2D eigenvalue weighted by Gasteiger charge is -2.21. The van der Waals surface area contributed by atoms with Crippen LogP contribution in [0.2, 0.25) is 19.1 Å². The van der Waals surface area contributed by atoms with Crippen LogP contribution in [-0.4, -0.2) is 14.9 Å². The predicted molar refractivity (Wildman–Crippen MR) is 90.3 cm³/mol. The lowest BCUT2D eigenvalue weighted by atomic mass is 10.0. The number of rotatable bonds is 13. The van der Waals surface area contributed by atoms with Gasteiger partial charge in [0, 0.05) is 6.61 Å². The van der Waals surface area contributed by atoms with E-state index in [1.165, 1.54) is 63.8 Å². The maximum Gasteiger partial charge on any atom is 0.186 e. The smallest absolute Gasteiger partial charge is 0.186 e. The molecule has 0 radical (unpaired) electrons. The Morgan fingerprint density at radius 3 is 1.74 bits per heavy atom. The zero-order valence-electron chi connectivity index (χ0n) is 14.3. The van der Waals surface area contributed by atoms with E-state index in [9.17, 15) is 0 Å². The third kappa shape index (κ3) is 14.4. The molecule has 116 valence electrons. The van der Waals surface area contributed by atoms with Crippen molar-refractivity contribution in [3.63, 3.8) is 0 Å². The number of unbranched alkanes of at least 4 members (excludes halogenated alkanes) is 7. The summed E-state index contributed by atoms with van der Waals surface area (Å²) in [6, 6.07) is 1.34. The molecule has 0 saturated carbocycles. The highest BCUT2D eigenvalue weighted by Gasteiger charge is 2.20. The van der Waals surface area contributed by atoms with Gasteiger partial charge in [0.15, 0.2) is 8.32 Å². The summed E-state index contributed by atoms with van der Waals surface area (Å²) in [6.07, 6.45) is 12.9. The lowest BCUT2D eigenvalue weighted by Crippen LogP contribution is -2.29. The molecule has 0 spiro atoms. The van der Waals surface area contributed by atoms with Crippen LogP contribution in [0, 0.1) is 5.92 Å². The third-order valence-corrected chi connectivity index (χ3v) is 6.47. The van der Waals surface area contributed by atoms with Gasteiger partial charge >= 0.3 is 0 Å². The van der Waals surface area contributed by atoms with Gasteiger partial charge in [-0.15, -0.1) is 0 Å². The van der Waals surface area contributed by atoms with Gasteiger partial charge in [-0.05, 0) is 32.0 Å². The van der Waals surface area contributed by atoms with Gasteiger partial charge in [0.05, 0.1) is 0 Å². The molecule has 0 aliphatic rings. The second kappa shape index (κ2) is 12.0. The van der Waals surface area contributed by atoms with E-state index in [-0.39, 0.29) is 0 Å². The van der Waals surface area contributed by atoms with Crippen molar-refractivity contribution >= 4 is 8.32 Å². The van der Waals surface area contributed by atoms with Crippen LogP contribution in [0.15, 0.2) is 0 Å². The summed E-state index contributed by atoms with van der Waals surface area (Å²) in [7, 11) is -1.30. The molecule has 0 atom stereocenters. The lowest BCUT2D eigenvalue weighted by molar-refractivity contribution is 0.327. The zero-order chi connectivity index (χ0) is 14.6. The van der Waals surface area contributed by atoms with Gasteiger partial charge in [0.2, 0.25) is 0 Å². The Morgan fingerprint density at radius 1 is 0.789 bits per heavy atom. The quantitative estimate of drug-likeness (QED) is 0.281. The van der Waals surface area contributed by atoms with Crippen molar-refractivity contribution in [2.45, 2.75) is 97.7 Å². The summed E-state index contributed by atoms with van der Waals surface area (Å²) >= 11 is 0. The monoisotopic (exact) mass is 286 g/mol. The van der Waals surface area contributed by atoms with Crippen LogP contribution in [0.5, 0.6) is 0 Å². The van der Waals surface area contributed by atoms with E-state index >= 15 is 0 Å². The maximum absolute atomic E-state index is 5.86. The van der Waals surface area contributed by atoms with Crippen molar-refractivity contribution < 1.29 is 4.43 Å². The van der Waals surface area contributed by atoms with Gasteiger partial charge in [0.25, 0.3) is 0 Å². The topological polar surface area (TPSA) is 9.23 Å². The molecule has 0 rings (SSSR count). The van der Waals surface area contributed by atoms with Crippen molar-refractivity contribution in [1.29, 1.82) is 0 Å². The highest BCUT2D eigenvalue weighted by Crippen LogP contribution is 2.17. The first-order valence-electron chi connectivity index (χ1n) is 8.62. The van der Waals surface area contributed by atoms with Gasteiger partial charge in [-0.2, -0.15) is 0 Å². The van der Waals surface area contributed by atoms with Crippen LogP contribution < -0.4 is 0 Å². The summed E-state index contributed by atoms with van der Waals surface area (Å²) in [6.45, 7) is 12.4. The molecule has 0 aliphatic carbocycles. The molecule has 0 aliphatic heterocycles. The van der Waals surface area contributed by atoms with Gasteiger partial charge in [-0.25, -0.2) is 0 Å². The van der Waals surface area contributed by atoms with Crippen LogP contribution in [0.1, 0.15) is 78.6 Å². The number of hydrogen-bond donors (Lipinski definition) is 0. The fraction of sp³-hybridized carbons (Fsp3) is 1.00. The molecule has 0 bridgehead atoms. The minimum Gasteiger partial charge on any atom is -0.418 e. The van der Waals surface area contributed by atoms with Crippen LogP contribution in [0.25, 0.3) is 0 Å². The van der Waals surface area contributed by atoms with Crippen molar-refractivity contribution in [3.8, 4) is 0 Å². The molecule has 0 fully saturated rings. The molecule has 0 N–H and O–H groups in total. The van der Waals surface area contributed by atoms with Crippen LogP contribution in [-0.2, 0) is 4.43 Å². The summed E-state index contributed by atoms with van der Waals surface area (Å²) in [5.74, 6) is 0.887. The summed E-state index contributed by atoms with van der Waals surface area (Å²) in [5.41, 5.74) is 0. The maximum atomic E-state index is 5.86. The Balaban J connectivity index is 3.19. The molecular formula is C17H38OSi. The van der Waals surface area contributed by atoms with Gasteiger partial charge in [-0.1, -0.05) is 71.6 Å². The van der Waals surface area contributed by atoms with Crippen molar-refractivity contribution in [2.75, 3.05) is 6.61 Å². The van der Waals surface area contributed by atoms with Gasteiger partial charge in [0.1, 0.15) is 0 Å². The summed E-state index contributed by atoms with van der Waals surface area (Å²) in [4.78, 5) is 0.